The minimum absolute atomic E-state index is 0.260. The van der Waals surface area contributed by atoms with Crippen molar-refractivity contribution in [3.63, 3.8) is 0 Å². The fraction of sp³-hybridized carbons (Fsp3) is 0.455. The van der Waals surface area contributed by atoms with Gasteiger partial charge in [0.2, 0.25) is 0 Å². The van der Waals surface area contributed by atoms with E-state index in [1.54, 1.807) is 23.9 Å². The number of hydrogen-bond acceptors (Lipinski definition) is 2. The van der Waals surface area contributed by atoms with Gasteiger partial charge in [-0.3, -0.25) is 0 Å². The number of aliphatic hydroxyl groups is 1. The molecule has 1 rings (SSSR count). The number of rotatable bonds is 5. The third kappa shape index (κ3) is 3.68. The van der Waals surface area contributed by atoms with Gasteiger partial charge in [-0.2, -0.15) is 11.8 Å². The van der Waals surface area contributed by atoms with Gasteiger partial charge in [-0.15, -0.1) is 0 Å². The molecule has 0 aliphatic rings. The molecule has 1 unspecified atom stereocenters. The van der Waals surface area contributed by atoms with Crippen LogP contribution in [0, 0.1) is 5.82 Å². The zero-order chi connectivity index (χ0) is 10.4. The molecule has 1 aromatic rings. The molecule has 0 aromatic heterocycles. The molecule has 0 saturated heterocycles. The maximum absolute atomic E-state index is 12.6. The Kier molecular flexibility index (Phi) is 4.98. The predicted octanol–water partition coefficient (Wildman–Crippen LogP) is 3.00. The van der Waals surface area contributed by atoms with Gasteiger partial charge >= 0.3 is 0 Å². The zero-order valence-electron chi connectivity index (χ0n) is 8.24. The second-order valence-electron chi connectivity index (χ2n) is 3.05. The van der Waals surface area contributed by atoms with Crippen LogP contribution in [0.3, 0.4) is 0 Å². The highest BCUT2D eigenvalue weighted by Crippen LogP contribution is 2.19. The first kappa shape index (κ1) is 11.5. The smallest absolute Gasteiger partial charge is 0.123 e. The zero-order valence-corrected chi connectivity index (χ0v) is 9.06. The molecule has 0 aliphatic carbocycles. The SMILES string of the molecule is CCSCCC(O)c1ccc(F)cc1. The van der Waals surface area contributed by atoms with E-state index in [-0.39, 0.29) is 5.82 Å². The van der Waals surface area contributed by atoms with Gasteiger partial charge in [-0.05, 0) is 35.6 Å². The number of benzene rings is 1. The van der Waals surface area contributed by atoms with Crippen LogP contribution in [0.2, 0.25) is 0 Å². The molecule has 0 radical (unpaired) electrons. The third-order valence-corrected chi connectivity index (χ3v) is 2.93. The first-order valence-corrected chi connectivity index (χ1v) is 5.90. The molecule has 0 spiro atoms. The molecular formula is C11H15FOS. The van der Waals surface area contributed by atoms with Crippen molar-refractivity contribution in [3.8, 4) is 0 Å². The topological polar surface area (TPSA) is 20.2 Å². The lowest BCUT2D eigenvalue weighted by Gasteiger charge is -2.09. The van der Waals surface area contributed by atoms with E-state index in [2.05, 4.69) is 6.92 Å². The van der Waals surface area contributed by atoms with Crippen LogP contribution in [-0.4, -0.2) is 16.6 Å². The Morgan fingerprint density at radius 3 is 2.57 bits per heavy atom. The Labute approximate surface area is 88.3 Å². The van der Waals surface area contributed by atoms with E-state index in [0.717, 1.165) is 23.5 Å². The Bertz CT molecular complexity index is 260. The van der Waals surface area contributed by atoms with Crippen molar-refractivity contribution >= 4 is 11.8 Å². The molecule has 1 nitrogen and oxygen atoms in total. The number of thioether (sulfide) groups is 1. The lowest BCUT2D eigenvalue weighted by Crippen LogP contribution is -1.99. The second-order valence-corrected chi connectivity index (χ2v) is 4.45. The normalized spacial score (nSPS) is 12.8. The third-order valence-electron chi connectivity index (χ3n) is 1.99. The van der Waals surface area contributed by atoms with E-state index < -0.39 is 6.10 Å². The van der Waals surface area contributed by atoms with E-state index in [9.17, 15) is 9.50 Å². The van der Waals surface area contributed by atoms with Crippen molar-refractivity contribution in [1.29, 1.82) is 0 Å². The van der Waals surface area contributed by atoms with Gasteiger partial charge in [0.05, 0.1) is 6.10 Å². The van der Waals surface area contributed by atoms with Crippen molar-refractivity contribution < 1.29 is 9.50 Å². The molecule has 3 heteroatoms. The van der Waals surface area contributed by atoms with Crippen LogP contribution >= 0.6 is 11.8 Å². The van der Waals surface area contributed by atoms with Crippen LogP contribution < -0.4 is 0 Å². The highest BCUT2D eigenvalue weighted by molar-refractivity contribution is 7.99. The van der Waals surface area contributed by atoms with Crippen LogP contribution in [-0.2, 0) is 0 Å². The molecule has 1 atom stereocenters. The highest BCUT2D eigenvalue weighted by atomic mass is 32.2. The standard InChI is InChI=1S/C11H15FOS/c1-2-14-8-7-11(13)9-3-5-10(12)6-4-9/h3-6,11,13H,2,7-8H2,1H3. The summed E-state index contributed by atoms with van der Waals surface area (Å²) in [6.07, 6.45) is 0.263. The molecule has 0 fully saturated rings. The molecule has 0 bridgehead atoms. The van der Waals surface area contributed by atoms with E-state index in [4.69, 9.17) is 0 Å². The van der Waals surface area contributed by atoms with Crippen molar-refractivity contribution in [1.82, 2.24) is 0 Å². The fourth-order valence-corrected chi connectivity index (χ4v) is 1.87. The van der Waals surface area contributed by atoms with Crippen molar-refractivity contribution in [3.05, 3.63) is 35.6 Å². The molecule has 0 amide bonds. The number of halogens is 1. The monoisotopic (exact) mass is 214 g/mol. The van der Waals surface area contributed by atoms with E-state index in [1.165, 1.54) is 12.1 Å². The maximum atomic E-state index is 12.6. The minimum Gasteiger partial charge on any atom is -0.388 e. The molecule has 1 aromatic carbocycles. The summed E-state index contributed by atoms with van der Waals surface area (Å²) in [5, 5.41) is 9.70. The fourth-order valence-electron chi connectivity index (χ4n) is 1.19. The summed E-state index contributed by atoms with van der Waals surface area (Å²) in [6.45, 7) is 2.09. The molecular weight excluding hydrogens is 199 g/mol. The van der Waals surface area contributed by atoms with Crippen molar-refractivity contribution in [2.75, 3.05) is 11.5 Å². The summed E-state index contributed by atoms with van der Waals surface area (Å²) in [5.41, 5.74) is 0.795. The van der Waals surface area contributed by atoms with Gasteiger partial charge < -0.3 is 5.11 Å². The van der Waals surface area contributed by atoms with Crippen LogP contribution in [0.1, 0.15) is 25.0 Å². The van der Waals surface area contributed by atoms with Crippen LogP contribution in [0.15, 0.2) is 24.3 Å². The van der Waals surface area contributed by atoms with E-state index in [0.29, 0.717) is 0 Å². The quantitative estimate of drug-likeness (QED) is 0.760. The summed E-state index contributed by atoms with van der Waals surface area (Å²) in [6, 6.07) is 6.03. The van der Waals surface area contributed by atoms with E-state index in [1.807, 2.05) is 0 Å². The Morgan fingerprint density at radius 2 is 2.00 bits per heavy atom. The summed E-state index contributed by atoms with van der Waals surface area (Å²) < 4.78 is 12.6. The molecule has 0 aliphatic heterocycles. The van der Waals surface area contributed by atoms with Crippen LogP contribution in [0.5, 0.6) is 0 Å². The molecule has 14 heavy (non-hydrogen) atoms. The molecule has 78 valence electrons. The Morgan fingerprint density at radius 1 is 1.36 bits per heavy atom. The van der Waals surface area contributed by atoms with Gasteiger partial charge in [0.25, 0.3) is 0 Å². The lowest BCUT2D eigenvalue weighted by molar-refractivity contribution is 0.175. The van der Waals surface area contributed by atoms with Gasteiger partial charge in [-0.1, -0.05) is 19.1 Å². The van der Waals surface area contributed by atoms with Crippen LogP contribution in [0.25, 0.3) is 0 Å². The largest absolute Gasteiger partial charge is 0.388 e. The first-order chi connectivity index (χ1) is 6.74. The van der Waals surface area contributed by atoms with Crippen LogP contribution in [0.4, 0.5) is 4.39 Å². The number of hydrogen-bond donors (Lipinski definition) is 1. The average Bonchev–Trinajstić information content (AvgIpc) is 2.19. The highest BCUT2D eigenvalue weighted by Gasteiger charge is 2.06. The average molecular weight is 214 g/mol. The molecule has 1 N–H and O–H groups in total. The van der Waals surface area contributed by atoms with E-state index >= 15 is 0 Å². The number of aliphatic hydroxyl groups excluding tert-OH is 1. The van der Waals surface area contributed by atoms with Gasteiger partial charge in [0, 0.05) is 0 Å². The Hall–Kier alpha value is -0.540. The summed E-state index contributed by atoms with van der Waals surface area (Å²) in [5.74, 6) is 1.74. The minimum atomic E-state index is -0.463. The second kappa shape index (κ2) is 6.04. The lowest BCUT2D eigenvalue weighted by atomic mass is 10.1. The Balaban J connectivity index is 2.43. The van der Waals surface area contributed by atoms with Gasteiger partial charge in [0.15, 0.2) is 0 Å². The molecule has 0 heterocycles. The van der Waals surface area contributed by atoms with Crippen molar-refractivity contribution in [2.24, 2.45) is 0 Å². The van der Waals surface area contributed by atoms with Crippen molar-refractivity contribution in [2.45, 2.75) is 19.4 Å². The predicted molar refractivity (Wildman–Crippen MR) is 59.0 cm³/mol. The summed E-state index contributed by atoms with van der Waals surface area (Å²) >= 11 is 1.80. The van der Waals surface area contributed by atoms with Gasteiger partial charge in [0.1, 0.15) is 5.82 Å². The summed E-state index contributed by atoms with van der Waals surface area (Å²) in [7, 11) is 0. The maximum Gasteiger partial charge on any atom is 0.123 e. The summed E-state index contributed by atoms with van der Waals surface area (Å²) in [4.78, 5) is 0. The first-order valence-electron chi connectivity index (χ1n) is 4.75. The molecule has 0 saturated carbocycles. The van der Waals surface area contributed by atoms with Gasteiger partial charge in [-0.25, -0.2) is 4.39 Å².